The minimum absolute atomic E-state index is 0.0364. The van der Waals surface area contributed by atoms with Gasteiger partial charge in [-0.1, -0.05) is 6.92 Å². The lowest BCUT2D eigenvalue weighted by Crippen LogP contribution is -2.53. The average Bonchev–Trinajstić information content (AvgIpc) is 2.70. The Balaban J connectivity index is 1.88. The minimum atomic E-state index is -0.0364. The molecular formula is C12H21N3O2. The SMILES string of the molecule is CCC(N)CC(=O)N1CCN2C(=O)CCC2C1. The van der Waals surface area contributed by atoms with Crippen LogP contribution in [0.5, 0.6) is 0 Å². The highest BCUT2D eigenvalue weighted by atomic mass is 16.2. The molecule has 0 aromatic carbocycles. The molecule has 0 aromatic heterocycles. The molecule has 0 aromatic rings. The molecule has 2 saturated heterocycles. The Kier molecular flexibility index (Phi) is 3.66. The second-order valence-electron chi connectivity index (χ2n) is 4.99. The van der Waals surface area contributed by atoms with E-state index in [1.54, 1.807) is 0 Å². The summed E-state index contributed by atoms with van der Waals surface area (Å²) < 4.78 is 0. The van der Waals surface area contributed by atoms with Crippen molar-refractivity contribution in [3.63, 3.8) is 0 Å². The third kappa shape index (κ3) is 2.60. The first-order chi connectivity index (χ1) is 8.11. The van der Waals surface area contributed by atoms with Gasteiger partial charge in [-0.2, -0.15) is 0 Å². The summed E-state index contributed by atoms with van der Waals surface area (Å²) >= 11 is 0. The summed E-state index contributed by atoms with van der Waals surface area (Å²) in [6.45, 7) is 4.04. The van der Waals surface area contributed by atoms with Crippen molar-refractivity contribution < 1.29 is 9.59 Å². The zero-order valence-electron chi connectivity index (χ0n) is 10.4. The van der Waals surface area contributed by atoms with E-state index < -0.39 is 0 Å². The van der Waals surface area contributed by atoms with Gasteiger partial charge in [-0.3, -0.25) is 9.59 Å². The van der Waals surface area contributed by atoms with Crippen LogP contribution in [0.2, 0.25) is 0 Å². The van der Waals surface area contributed by atoms with E-state index in [9.17, 15) is 9.59 Å². The van der Waals surface area contributed by atoms with Crippen LogP contribution in [-0.2, 0) is 9.59 Å². The van der Waals surface area contributed by atoms with E-state index in [0.29, 0.717) is 32.5 Å². The van der Waals surface area contributed by atoms with E-state index in [0.717, 1.165) is 12.8 Å². The number of carbonyl (C=O) groups excluding carboxylic acids is 2. The summed E-state index contributed by atoms with van der Waals surface area (Å²) in [6, 6.07) is 0.212. The molecule has 2 N–H and O–H groups in total. The molecule has 96 valence electrons. The van der Waals surface area contributed by atoms with Crippen LogP contribution >= 0.6 is 0 Å². The summed E-state index contributed by atoms with van der Waals surface area (Å²) in [4.78, 5) is 27.3. The summed E-state index contributed by atoms with van der Waals surface area (Å²) in [6.07, 6.45) is 2.79. The van der Waals surface area contributed by atoms with E-state index in [1.165, 1.54) is 0 Å². The maximum atomic E-state index is 12.0. The molecule has 5 nitrogen and oxygen atoms in total. The van der Waals surface area contributed by atoms with Gasteiger partial charge < -0.3 is 15.5 Å². The van der Waals surface area contributed by atoms with Crippen molar-refractivity contribution in [2.24, 2.45) is 5.73 Å². The number of nitrogens with two attached hydrogens (primary N) is 1. The average molecular weight is 239 g/mol. The highest BCUT2D eigenvalue weighted by Crippen LogP contribution is 2.23. The highest BCUT2D eigenvalue weighted by Gasteiger charge is 2.36. The van der Waals surface area contributed by atoms with Crippen molar-refractivity contribution in [2.45, 2.75) is 44.7 Å². The first-order valence-electron chi connectivity index (χ1n) is 6.44. The van der Waals surface area contributed by atoms with Gasteiger partial charge >= 0.3 is 0 Å². The first-order valence-corrected chi connectivity index (χ1v) is 6.44. The number of carbonyl (C=O) groups is 2. The Morgan fingerprint density at radius 3 is 3.00 bits per heavy atom. The lowest BCUT2D eigenvalue weighted by molar-refractivity contribution is -0.139. The van der Waals surface area contributed by atoms with Gasteiger partial charge in [0.1, 0.15) is 0 Å². The highest BCUT2D eigenvalue weighted by molar-refractivity contribution is 5.80. The number of rotatable bonds is 3. The standard InChI is InChI=1S/C12H21N3O2/c1-2-9(13)7-12(17)14-5-6-15-10(8-14)3-4-11(15)16/h9-10H,2-8,13H2,1H3. The zero-order valence-corrected chi connectivity index (χ0v) is 10.4. The van der Waals surface area contributed by atoms with Gasteiger partial charge in [-0.25, -0.2) is 0 Å². The molecule has 2 aliphatic rings. The molecule has 17 heavy (non-hydrogen) atoms. The van der Waals surface area contributed by atoms with E-state index in [4.69, 9.17) is 5.73 Å². The number of piperazine rings is 1. The predicted octanol–water partition coefficient (Wildman–Crippen LogP) is -0.0530. The normalized spacial score (nSPS) is 26.0. The molecular weight excluding hydrogens is 218 g/mol. The molecule has 2 atom stereocenters. The van der Waals surface area contributed by atoms with E-state index in [-0.39, 0.29) is 23.9 Å². The lowest BCUT2D eigenvalue weighted by Gasteiger charge is -2.37. The van der Waals surface area contributed by atoms with Crippen molar-refractivity contribution in [2.75, 3.05) is 19.6 Å². The minimum Gasteiger partial charge on any atom is -0.339 e. The third-order valence-corrected chi connectivity index (χ3v) is 3.81. The van der Waals surface area contributed by atoms with Gasteiger partial charge in [-0.15, -0.1) is 0 Å². The number of hydrogen-bond donors (Lipinski definition) is 1. The Hall–Kier alpha value is -1.10. The van der Waals surface area contributed by atoms with Crippen LogP contribution in [0.3, 0.4) is 0 Å². The molecule has 0 saturated carbocycles. The lowest BCUT2D eigenvalue weighted by atomic mass is 10.1. The zero-order chi connectivity index (χ0) is 12.4. The fraction of sp³-hybridized carbons (Fsp3) is 0.833. The van der Waals surface area contributed by atoms with E-state index in [1.807, 2.05) is 16.7 Å². The molecule has 2 heterocycles. The maximum Gasteiger partial charge on any atom is 0.224 e. The van der Waals surface area contributed by atoms with E-state index >= 15 is 0 Å². The van der Waals surface area contributed by atoms with Crippen LogP contribution in [-0.4, -0.2) is 53.3 Å². The monoisotopic (exact) mass is 239 g/mol. The number of hydrogen-bond acceptors (Lipinski definition) is 3. The second kappa shape index (κ2) is 5.04. The molecule has 0 bridgehead atoms. The van der Waals surface area contributed by atoms with Crippen LogP contribution in [0.15, 0.2) is 0 Å². The summed E-state index contributed by atoms with van der Waals surface area (Å²) in [5, 5.41) is 0. The topological polar surface area (TPSA) is 66.6 Å². The van der Waals surface area contributed by atoms with Gasteiger partial charge in [0.2, 0.25) is 11.8 Å². The van der Waals surface area contributed by atoms with Crippen molar-refractivity contribution in [1.82, 2.24) is 9.80 Å². The fourth-order valence-electron chi connectivity index (χ4n) is 2.59. The van der Waals surface area contributed by atoms with E-state index in [2.05, 4.69) is 0 Å². The summed E-state index contributed by atoms with van der Waals surface area (Å²) in [7, 11) is 0. The number of amides is 2. The van der Waals surface area contributed by atoms with Crippen molar-refractivity contribution in [3.8, 4) is 0 Å². The smallest absolute Gasteiger partial charge is 0.224 e. The predicted molar refractivity (Wildman–Crippen MR) is 64.2 cm³/mol. The van der Waals surface area contributed by atoms with Gasteiger partial charge in [0.25, 0.3) is 0 Å². The van der Waals surface area contributed by atoms with Crippen molar-refractivity contribution >= 4 is 11.8 Å². The van der Waals surface area contributed by atoms with Gasteiger partial charge in [0.05, 0.1) is 0 Å². The molecule has 0 spiro atoms. The Bertz CT molecular complexity index is 319. The quantitative estimate of drug-likeness (QED) is 0.750. The van der Waals surface area contributed by atoms with Gasteiger partial charge in [0.15, 0.2) is 0 Å². The van der Waals surface area contributed by atoms with Crippen LogP contribution in [0.25, 0.3) is 0 Å². The molecule has 2 aliphatic heterocycles. The molecule has 2 rings (SSSR count). The van der Waals surface area contributed by atoms with Crippen molar-refractivity contribution in [3.05, 3.63) is 0 Å². The second-order valence-corrected chi connectivity index (χ2v) is 4.99. The van der Waals surface area contributed by atoms with Crippen LogP contribution in [0, 0.1) is 0 Å². The summed E-state index contributed by atoms with van der Waals surface area (Å²) in [5.74, 6) is 0.380. The molecule has 2 amide bonds. The molecule has 2 fully saturated rings. The van der Waals surface area contributed by atoms with Crippen molar-refractivity contribution in [1.29, 1.82) is 0 Å². The Labute approximate surface area is 102 Å². The Morgan fingerprint density at radius 1 is 1.53 bits per heavy atom. The Morgan fingerprint density at radius 2 is 2.29 bits per heavy atom. The first kappa shape index (κ1) is 12.4. The molecule has 5 heteroatoms. The van der Waals surface area contributed by atoms with Gasteiger partial charge in [0, 0.05) is 44.6 Å². The van der Waals surface area contributed by atoms with Gasteiger partial charge in [-0.05, 0) is 12.8 Å². The third-order valence-electron chi connectivity index (χ3n) is 3.81. The maximum absolute atomic E-state index is 12.0. The largest absolute Gasteiger partial charge is 0.339 e. The molecule has 0 radical (unpaired) electrons. The number of fused-ring (bicyclic) bond motifs is 1. The molecule has 2 unspecified atom stereocenters. The van der Waals surface area contributed by atoms with Crippen LogP contribution in [0.1, 0.15) is 32.6 Å². The summed E-state index contributed by atoms with van der Waals surface area (Å²) in [5.41, 5.74) is 5.80. The number of nitrogens with zero attached hydrogens (tertiary/aromatic N) is 2. The fourth-order valence-corrected chi connectivity index (χ4v) is 2.59. The van der Waals surface area contributed by atoms with Crippen LogP contribution < -0.4 is 5.73 Å². The van der Waals surface area contributed by atoms with Crippen LogP contribution in [0.4, 0.5) is 0 Å². The molecule has 0 aliphatic carbocycles.